The van der Waals surface area contributed by atoms with E-state index < -0.39 is 94.7 Å². The number of hydrogen-bond donors (Lipinski definition) is 9. The number of phosphoric ester groups is 2. The van der Waals surface area contributed by atoms with Gasteiger partial charge in [-0.1, -0.05) is 0 Å². The number of carbonyl (C=O) groups is 1. The number of phosphoric acid groups is 2. The molecule has 2 saturated heterocycles. The molecule has 1 aromatic heterocycles. The van der Waals surface area contributed by atoms with Gasteiger partial charge >= 0.3 is 27.3 Å². The lowest BCUT2D eigenvalue weighted by Gasteiger charge is -2.38. The monoisotopic (exact) mass is 580 g/mol. The Morgan fingerprint density at radius 1 is 0.973 bits per heavy atom. The predicted octanol–water partition coefficient (Wildman–Crippen LogP) is -4.70. The van der Waals surface area contributed by atoms with Gasteiger partial charge in [-0.15, -0.1) is 0 Å². The van der Waals surface area contributed by atoms with Crippen molar-refractivity contribution in [2.45, 2.75) is 55.2 Å². The standard InChI is InChI=1S/C15H22N2O18P2/c18-5-1-2-17(15(26)16-5)12-9(22)6(19)4(32-12)3-31-36(27,28)35-37(29,30)34-14-10(23)7(20)8(21)11(33-14)13(24)25/h1-2,4,6-12,14,19-23H,3H2,(H,24,25)(H,27,28)(H,29,30)(H,16,18,26)/t4-,6-,7+,8-,9-,10-,11+,12-,14+/m1/s1. The topological polar surface area (TPSA) is 314 Å². The molecule has 2 unspecified atom stereocenters. The summed E-state index contributed by atoms with van der Waals surface area (Å²) >= 11 is 0. The molecule has 22 heteroatoms. The summed E-state index contributed by atoms with van der Waals surface area (Å²) in [5.74, 6) is -1.85. The average Bonchev–Trinajstić information content (AvgIpc) is 3.05. The molecule has 3 heterocycles. The fourth-order valence-corrected chi connectivity index (χ4v) is 5.49. The number of rotatable bonds is 9. The number of nitrogens with zero attached hydrogens (tertiary/aromatic N) is 1. The third kappa shape index (κ3) is 6.77. The summed E-state index contributed by atoms with van der Waals surface area (Å²) in [5, 5.41) is 58.3. The number of aliphatic carboxylic acids is 1. The van der Waals surface area contributed by atoms with Crippen LogP contribution in [0.15, 0.2) is 21.9 Å². The van der Waals surface area contributed by atoms with Crippen molar-refractivity contribution in [3.63, 3.8) is 0 Å². The summed E-state index contributed by atoms with van der Waals surface area (Å²) in [6.45, 7) is -1.07. The molecule has 210 valence electrons. The first-order chi connectivity index (χ1) is 17.0. The van der Waals surface area contributed by atoms with Gasteiger partial charge in [0.25, 0.3) is 5.56 Å². The van der Waals surface area contributed by atoms with Crippen molar-refractivity contribution in [3.8, 4) is 0 Å². The lowest BCUT2D eigenvalue weighted by molar-refractivity contribution is -0.274. The van der Waals surface area contributed by atoms with E-state index in [2.05, 4.69) is 18.1 Å². The van der Waals surface area contributed by atoms with E-state index in [1.165, 1.54) is 0 Å². The lowest BCUT2D eigenvalue weighted by Crippen LogP contribution is -2.60. The minimum atomic E-state index is -5.72. The summed E-state index contributed by atoms with van der Waals surface area (Å²) < 4.78 is 47.6. The summed E-state index contributed by atoms with van der Waals surface area (Å²) in [5.41, 5.74) is -1.78. The third-order valence-corrected chi connectivity index (χ3v) is 7.72. The number of hydrogen-bond acceptors (Lipinski definition) is 15. The average molecular weight is 580 g/mol. The number of nitrogens with one attached hydrogen (secondary N) is 1. The first-order valence-corrected chi connectivity index (χ1v) is 13.0. The van der Waals surface area contributed by atoms with Crippen LogP contribution in [0.25, 0.3) is 0 Å². The highest BCUT2D eigenvalue weighted by atomic mass is 31.3. The molecule has 0 aromatic carbocycles. The fourth-order valence-electron chi connectivity index (χ4n) is 3.34. The normalized spacial score (nSPS) is 37.5. The van der Waals surface area contributed by atoms with Crippen LogP contribution >= 0.6 is 15.6 Å². The number of carboxylic acids is 1. The maximum Gasteiger partial charge on any atom is 0.483 e. The van der Waals surface area contributed by atoms with Crippen molar-refractivity contribution < 1.29 is 77.2 Å². The third-order valence-electron chi connectivity index (χ3n) is 5.12. The summed E-state index contributed by atoms with van der Waals surface area (Å²) in [6.07, 6.45) is -17.2. The quantitative estimate of drug-likeness (QED) is 0.124. The SMILES string of the molecule is O=C(O)[C@H]1O[C@@H](OP(=O)(O)OP(=O)(O)OC[C@H]2O[C@@H](n3ccc(=O)[nH]c3=O)[C@H](O)[C@@H]2O)[C@H](O)[C@@H](O)[C@H]1O. The van der Waals surface area contributed by atoms with Crippen LogP contribution in [0.1, 0.15) is 6.23 Å². The summed E-state index contributed by atoms with van der Waals surface area (Å²) in [7, 11) is -11.3. The number of aliphatic hydroxyl groups is 5. The summed E-state index contributed by atoms with van der Waals surface area (Å²) in [6, 6.07) is 0.910. The number of H-pyrrole nitrogens is 1. The van der Waals surface area contributed by atoms with Gasteiger partial charge in [0, 0.05) is 12.3 Å². The van der Waals surface area contributed by atoms with Crippen molar-refractivity contribution in [2.75, 3.05) is 6.61 Å². The minimum absolute atomic E-state index is 0.700. The van der Waals surface area contributed by atoms with Crippen LogP contribution in [-0.4, -0.2) is 112 Å². The smallest absolute Gasteiger partial charge is 0.479 e. The van der Waals surface area contributed by atoms with Gasteiger partial charge in [0.1, 0.15) is 36.6 Å². The largest absolute Gasteiger partial charge is 0.483 e. The highest BCUT2D eigenvalue weighted by Gasteiger charge is 2.51. The maximum atomic E-state index is 12.2. The number of aliphatic hydroxyl groups excluding tert-OH is 5. The molecule has 2 fully saturated rings. The number of carboxylic acid groups (broad SMARTS) is 1. The van der Waals surface area contributed by atoms with Crippen molar-refractivity contribution in [1.29, 1.82) is 0 Å². The molecule has 1 aromatic rings. The molecule has 0 saturated carbocycles. The Hall–Kier alpha value is -1.87. The second-order valence-corrected chi connectivity index (χ2v) is 10.7. The fraction of sp³-hybridized carbons (Fsp3) is 0.667. The number of aromatic amines is 1. The van der Waals surface area contributed by atoms with E-state index in [-0.39, 0.29) is 0 Å². The number of aromatic nitrogens is 2. The molecule has 0 radical (unpaired) electrons. The van der Waals surface area contributed by atoms with Gasteiger partial charge in [-0.05, 0) is 0 Å². The Kier molecular flexibility index (Phi) is 8.89. The van der Waals surface area contributed by atoms with Gasteiger partial charge in [0.05, 0.1) is 6.61 Å². The van der Waals surface area contributed by atoms with E-state index in [9.17, 15) is 58.8 Å². The molecule has 2 aliphatic rings. The Bertz CT molecular complexity index is 1200. The van der Waals surface area contributed by atoms with Gasteiger partial charge in [-0.3, -0.25) is 23.4 Å². The highest BCUT2D eigenvalue weighted by Crippen LogP contribution is 2.61. The molecule has 0 aliphatic carbocycles. The molecule has 9 N–H and O–H groups in total. The molecule has 11 atom stereocenters. The Morgan fingerprint density at radius 2 is 1.62 bits per heavy atom. The maximum absolute atomic E-state index is 12.2. The molecule has 0 bridgehead atoms. The molecule has 20 nitrogen and oxygen atoms in total. The van der Waals surface area contributed by atoms with E-state index in [0.29, 0.717) is 4.57 Å². The molecular formula is C15H22N2O18P2. The van der Waals surface area contributed by atoms with Crippen molar-refractivity contribution in [2.24, 2.45) is 0 Å². The van der Waals surface area contributed by atoms with Gasteiger partial charge in [0.2, 0.25) is 0 Å². The van der Waals surface area contributed by atoms with Gasteiger partial charge in [0.15, 0.2) is 18.6 Å². The Balaban J connectivity index is 1.63. The lowest BCUT2D eigenvalue weighted by atomic mass is 9.99. The van der Waals surface area contributed by atoms with E-state index in [1.807, 2.05) is 4.98 Å². The second-order valence-electron chi connectivity index (χ2n) is 7.72. The molecule has 3 rings (SSSR count). The van der Waals surface area contributed by atoms with Crippen LogP contribution < -0.4 is 11.2 Å². The molecule has 37 heavy (non-hydrogen) atoms. The van der Waals surface area contributed by atoms with Crippen LogP contribution in [0, 0.1) is 0 Å². The van der Waals surface area contributed by atoms with Crippen molar-refractivity contribution in [1.82, 2.24) is 9.55 Å². The number of ether oxygens (including phenoxy) is 2. The first kappa shape index (κ1) is 29.7. The van der Waals surface area contributed by atoms with E-state index in [1.54, 1.807) is 0 Å². The van der Waals surface area contributed by atoms with E-state index in [4.69, 9.17) is 9.84 Å². The minimum Gasteiger partial charge on any atom is -0.479 e. The van der Waals surface area contributed by atoms with Crippen LogP contribution in [0.4, 0.5) is 0 Å². The van der Waals surface area contributed by atoms with Gasteiger partial charge < -0.3 is 49.9 Å². The molecule has 0 amide bonds. The van der Waals surface area contributed by atoms with Crippen molar-refractivity contribution >= 4 is 21.6 Å². The van der Waals surface area contributed by atoms with Crippen LogP contribution in [0.2, 0.25) is 0 Å². The molecular weight excluding hydrogens is 558 g/mol. The highest BCUT2D eigenvalue weighted by molar-refractivity contribution is 7.61. The van der Waals surface area contributed by atoms with E-state index in [0.717, 1.165) is 12.3 Å². The van der Waals surface area contributed by atoms with Gasteiger partial charge in [-0.25, -0.2) is 18.7 Å². The van der Waals surface area contributed by atoms with E-state index >= 15 is 0 Å². The van der Waals surface area contributed by atoms with Crippen LogP contribution in [0.3, 0.4) is 0 Å². The second kappa shape index (κ2) is 11.1. The van der Waals surface area contributed by atoms with Crippen molar-refractivity contribution in [3.05, 3.63) is 33.1 Å². The van der Waals surface area contributed by atoms with Crippen LogP contribution in [0.5, 0.6) is 0 Å². The molecule has 0 spiro atoms. The zero-order chi connectivity index (χ0) is 27.9. The Labute approximate surface area is 204 Å². The zero-order valence-corrected chi connectivity index (χ0v) is 19.8. The zero-order valence-electron chi connectivity index (χ0n) is 18.1. The van der Waals surface area contributed by atoms with Gasteiger partial charge in [-0.2, -0.15) is 4.31 Å². The van der Waals surface area contributed by atoms with Crippen LogP contribution in [-0.2, 0) is 36.8 Å². The predicted molar refractivity (Wildman–Crippen MR) is 109 cm³/mol. The summed E-state index contributed by atoms with van der Waals surface area (Å²) in [4.78, 5) is 55.5. The Morgan fingerprint density at radius 3 is 2.22 bits per heavy atom. The first-order valence-electron chi connectivity index (χ1n) is 9.98. The molecule has 2 aliphatic heterocycles.